The largest absolute Gasteiger partial charge is 0.396 e. The predicted molar refractivity (Wildman–Crippen MR) is 85.4 cm³/mol. The predicted octanol–water partition coefficient (Wildman–Crippen LogP) is 2.52. The monoisotopic (exact) mass is 299 g/mol. The molecule has 5 heteroatoms. The summed E-state index contributed by atoms with van der Waals surface area (Å²) in [6, 6.07) is 8.21. The van der Waals surface area contributed by atoms with E-state index in [0.29, 0.717) is 12.1 Å². The first-order valence-electron chi connectivity index (χ1n) is 6.93. The number of aromatic nitrogens is 1. The molecule has 1 heterocycles. The van der Waals surface area contributed by atoms with Gasteiger partial charge in [-0.15, -0.1) is 0 Å². The van der Waals surface area contributed by atoms with Crippen molar-refractivity contribution in [3.8, 4) is 0 Å². The maximum Gasteiger partial charge on any atom is 0.246 e. The molecule has 4 nitrogen and oxygen atoms in total. The Morgan fingerprint density at radius 1 is 1.32 bits per heavy atom. The van der Waals surface area contributed by atoms with Gasteiger partial charge in [0.15, 0.2) is 0 Å². The van der Waals surface area contributed by atoms with Crippen LogP contribution in [0.1, 0.15) is 11.1 Å². The van der Waals surface area contributed by atoms with Crippen molar-refractivity contribution in [2.24, 2.45) is 0 Å². The smallest absolute Gasteiger partial charge is 0.246 e. The first kappa shape index (κ1) is 15.7. The zero-order chi connectivity index (χ0) is 15.9. The van der Waals surface area contributed by atoms with E-state index in [1.54, 1.807) is 36.5 Å². The van der Waals surface area contributed by atoms with Gasteiger partial charge < -0.3 is 10.6 Å². The summed E-state index contributed by atoms with van der Waals surface area (Å²) in [5.41, 5.74) is 7.38. The minimum absolute atomic E-state index is 0.0700. The molecule has 0 atom stereocenters. The fraction of sp³-hybridized carbons (Fsp3) is 0.176. The van der Waals surface area contributed by atoms with Crippen LogP contribution < -0.4 is 5.73 Å². The number of benzene rings is 1. The van der Waals surface area contributed by atoms with Crippen LogP contribution in [0.4, 0.5) is 10.1 Å². The van der Waals surface area contributed by atoms with Crippen LogP contribution in [0.5, 0.6) is 0 Å². The Balaban J connectivity index is 1.90. The molecule has 1 aromatic heterocycles. The highest BCUT2D eigenvalue weighted by Gasteiger charge is 2.05. The number of likely N-dealkylation sites (N-methyl/N-ethyl adjacent to an activating group) is 1. The molecule has 0 unspecified atom stereocenters. The van der Waals surface area contributed by atoms with Crippen molar-refractivity contribution in [1.29, 1.82) is 0 Å². The van der Waals surface area contributed by atoms with Crippen molar-refractivity contribution in [2.75, 3.05) is 19.3 Å². The number of carbonyl (C=O) groups excluding carboxylic acids is 1. The lowest BCUT2D eigenvalue weighted by atomic mass is 10.1. The molecule has 1 amide bonds. The van der Waals surface area contributed by atoms with Crippen molar-refractivity contribution in [2.45, 2.75) is 6.42 Å². The summed E-state index contributed by atoms with van der Waals surface area (Å²) in [4.78, 5) is 17.6. The van der Waals surface area contributed by atoms with Crippen LogP contribution in [0.25, 0.3) is 6.08 Å². The van der Waals surface area contributed by atoms with Crippen LogP contribution >= 0.6 is 0 Å². The Labute approximate surface area is 129 Å². The standard InChI is InChI=1S/C17H18FN3O/c1-21(11-8-13-6-9-20-10-7-13)17(22)5-3-14-2-4-15(18)16(19)12-14/h2-7,9-10,12H,8,11,19H2,1H3/b5-3+. The van der Waals surface area contributed by atoms with Gasteiger partial charge in [-0.1, -0.05) is 6.07 Å². The number of hydrogen-bond donors (Lipinski definition) is 1. The number of carbonyl (C=O) groups is 1. The maximum absolute atomic E-state index is 13.1. The SMILES string of the molecule is CN(CCc1ccncc1)C(=O)/C=C/c1ccc(F)c(N)c1. The number of nitrogen functional groups attached to an aromatic ring is 1. The summed E-state index contributed by atoms with van der Waals surface area (Å²) in [6.45, 7) is 0.610. The van der Waals surface area contributed by atoms with Gasteiger partial charge in [-0.05, 0) is 47.9 Å². The maximum atomic E-state index is 13.1. The molecule has 0 aliphatic rings. The number of amides is 1. The number of halogens is 1. The van der Waals surface area contributed by atoms with Gasteiger partial charge in [-0.25, -0.2) is 4.39 Å². The van der Waals surface area contributed by atoms with Gasteiger partial charge in [0.05, 0.1) is 5.69 Å². The zero-order valence-corrected chi connectivity index (χ0v) is 12.4. The van der Waals surface area contributed by atoms with Crippen LogP contribution in [0.2, 0.25) is 0 Å². The quantitative estimate of drug-likeness (QED) is 0.681. The van der Waals surface area contributed by atoms with E-state index in [1.165, 1.54) is 18.2 Å². The van der Waals surface area contributed by atoms with E-state index in [4.69, 9.17) is 5.73 Å². The third-order valence-corrected chi connectivity index (χ3v) is 3.30. The normalized spacial score (nSPS) is 10.8. The summed E-state index contributed by atoms with van der Waals surface area (Å²) < 4.78 is 13.1. The summed E-state index contributed by atoms with van der Waals surface area (Å²) in [6.07, 6.45) is 7.31. The Kier molecular flexibility index (Phi) is 5.25. The number of rotatable bonds is 5. The highest BCUT2D eigenvalue weighted by atomic mass is 19.1. The van der Waals surface area contributed by atoms with Gasteiger partial charge in [0.25, 0.3) is 0 Å². The van der Waals surface area contributed by atoms with Gasteiger partial charge >= 0.3 is 0 Å². The van der Waals surface area contributed by atoms with Gasteiger partial charge in [-0.3, -0.25) is 9.78 Å². The molecular weight excluding hydrogens is 281 g/mol. The fourth-order valence-electron chi connectivity index (χ4n) is 1.92. The van der Waals surface area contributed by atoms with Gasteiger partial charge in [0.2, 0.25) is 5.91 Å². The molecule has 1 aromatic carbocycles. The van der Waals surface area contributed by atoms with Crippen molar-refractivity contribution in [3.63, 3.8) is 0 Å². The third-order valence-electron chi connectivity index (χ3n) is 3.30. The summed E-state index contributed by atoms with van der Waals surface area (Å²) in [7, 11) is 1.74. The van der Waals surface area contributed by atoms with E-state index in [1.807, 2.05) is 12.1 Å². The van der Waals surface area contributed by atoms with E-state index >= 15 is 0 Å². The summed E-state index contributed by atoms with van der Waals surface area (Å²) in [5, 5.41) is 0. The van der Waals surface area contributed by atoms with Crippen LogP contribution in [-0.4, -0.2) is 29.4 Å². The summed E-state index contributed by atoms with van der Waals surface area (Å²) >= 11 is 0. The van der Waals surface area contributed by atoms with Crippen molar-refractivity contribution in [3.05, 3.63) is 65.7 Å². The fourth-order valence-corrected chi connectivity index (χ4v) is 1.92. The highest BCUT2D eigenvalue weighted by molar-refractivity contribution is 5.91. The molecule has 0 spiro atoms. The molecule has 0 saturated carbocycles. The van der Waals surface area contributed by atoms with Crippen LogP contribution in [0, 0.1) is 5.82 Å². The second kappa shape index (κ2) is 7.36. The van der Waals surface area contributed by atoms with E-state index in [2.05, 4.69) is 4.98 Å². The topological polar surface area (TPSA) is 59.2 Å². The Hall–Kier alpha value is -2.69. The van der Waals surface area contributed by atoms with Gasteiger partial charge in [0, 0.05) is 32.1 Å². The van der Waals surface area contributed by atoms with Crippen molar-refractivity contribution >= 4 is 17.7 Å². The van der Waals surface area contributed by atoms with E-state index in [0.717, 1.165) is 12.0 Å². The van der Waals surface area contributed by atoms with Crippen LogP contribution in [0.3, 0.4) is 0 Å². The lowest BCUT2D eigenvalue weighted by Gasteiger charge is -2.14. The number of hydrogen-bond acceptors (Lipinski definition) is 3. The van der Waals surface area contributed by atoms with Crippen LogP contribution in [0.15, 0.2) is 48.8 Å². The molecule has 0 saturated heterocycles. The van der Waals surface area contributed by atoms with E-state index < -0.39 is 5.82 Å². The number of nitrogens with zero attached hydrogens (tertiary/aromatic N) is 2. The van der Waals surface area contributed by atoms with Crippen molar-refractivity contribution < 1.29 is 9.18 Å². The minimum atomic E-state index is -0.460. The Morgan fingerprint density at radius 3 is 2.73 bits per heavy atom. The van der Waals surface area contributed by atoms with E-state index in [9.17, 15) is 9.18 Å². The zero-order valence-electron chi connectivity index (χ0n) is 12.4. The first-order chi connectivity index (χ1) is 10.6. The molecule has 2 rings (SSSR count). The molecule has 0 fully saturated rings. The molecule has 0 radical (unpaired) electrons. The van der Waals surface area contributed by atoms with E-state index in [-0.39, 0.29) is 11.6 Å². The first-order valence-corrected chi connectivity index (χ1v) is 6.93. The van der Waals surface area contributed by atoms with Gasteiger partial charge in [0.1, 0.15) is 5.82 Å². The number of anilines is 1. The molecule has 114 valence electrons. The average molecular weight is 299 g/mol. The molecule has 2 N–H and O–H groups in total. The van der Waals surface area contributed by atoms with Gasteiger partial charge in [-0.2, -0.15) is 0 Å². The molecule has 0 bridgehead atoms. The highest BCUT2D eigenvalue weighted by Crippen LogP contribution is 2.13. The third kappa shape index (κ3) is 4.41. The Morgan fingerprint density at radius 2 is 2.05 bits per heavy atom. The van der Waals surface area contributed by atoms with Crippen LogP contribution in [-0.2, 0) is 11.2 Å². The lowest BCUT2D eigenvalue weighted by Crippen LogP contribution is -2.27. The number of pyridine rings is 1. The lowest BCUT2D eigenvalue weighted by molar-refractivity contribution is -0.124. The molecule has 0 aliphatic heterocycles. The molecule has 0 aliphatic carbocycles. The molecule has 2 aromatic rings. The Bertz CT molecular complexity index is 671. The van der Waals surface area contributed by atoms with Crippen molar-refractivity contribution in [1.82, 2.24) is 9.88 Å². The number of nitrogens with two attached hydrogens (primary N) is 1. The average Bonchev–Trinajstić information content (AvgIpc) is 2.54. The summed E-state index contributed by atoms with van der Waals surface area (Å²) in [5.74, 6) is -0.574. The second-order valence-electron chi connectivity index (χ2n) is 4.98. The second-order valence-corrected chi connectivity index (χ2v) is 4.98. The minimum Gasteiger partial charge on any atom is -0.396 e. The molecular formula is C17H18FN3O. The molecule has 22 heavy (non-hydrogen) atoms.